The molecule has 1 N–H and O–H groups in total. The van der Waals surface area contributed by atoms with E-state index in [-0.39, 0.29) is 18.9 Å². The maximum Gasteiger partial charge on any atom is 0.324 e. The van der Waals surface area contributed by atoms with Gasteiger partial charge >= 0.3 is 11.9 Å². The van der Waals surface area contributed by atoms with Crippen LogP contribution in [0.15, 0.2) is 36.9 Å². The predicted octanol–water partition coefficient (Wildman–Crippen LogP) is 5.96. The van der Waals surface area contributed by atoms with Crippen LogP contribution in [0.3, 0.4) is 0 Å². The molecule has 1 aromatic rings. The lowest BCUT2D eigenvalue weighted by atomic mass is 9.79. The lowest BCUT2D eigenvalue weighted by Gasteiger charge is -2.27. The van der Waals surface area contributed by atoms with E-state index >= 15 is 0 Å². The third-order valence-electron chi connectivity index (χ3n) is 5.46. The number of unbranched alkanes of at least 4 members (excludes halogenated alkanes) is 4. The van der Waals surface area contributed by atoms with Crippen molar-refractivity contribution in [3.8, 4) is 5.75 Å². The second-order valence-corrected chi connectivity index (χ2v) is 7.91. The van der Waals surface area contributed by atoms with Gasteiger partial charge in [0.25, 0.3) is 0 Å². The van der Waals surface area contributed by atoms with E-state index in [9.17, 15) is 14.7 Å². The highest BCUT2D eigenvalue weighted by Crippen LogP contribution is 2.32. The van der Waals surface area contributed by atoms with Gasteiger partial charge in [0.05, 0.1) is 12.7 Å². The zero-order valence-electron chi connectivity index (χ0n) is 18.8. The number of aliphatic carboxylic acids is 1. The number of carboxylic acid groups (broad SMARTS) is 1. The van der Waals surface area contributed by atoms with Crippen LogP contribution in [0.5, 0.6) is 5.75 Å². The van der Waals surface area contributed by atoms with E-state index < -0.39 is 17.4 Å². The highest BCUT2D eigenvalue weighted by Gasteiger charge is 2.46. The van der Waals surface area contributed by atoms with Crippen LogP contribution < -0.4 is 4.74 Å². The van der Waals surface area contributed by atoms with E-state index in [1.807, 2.05) is 31.2 Å². The molecule has 2 unspecified atom stereocenters. The largest absolute Gasteiger partial charge is 0.494 e. The minimum Gasteiger partial charge on any atom is -0.494 e. The summed E-state index contributed by atoms with van der Waals surface area (Å²) in [6.07, 6.45) is 8.40. The first-order valence-corrected chi connectivity index (χ1v) is 11.2. The van der Waals surface area contributed by atoms with E-state index in [0.717, 1.165) is 17.7 Å². The standard InChI is InChI=1S/C25H38O5/c1-5-8-9-10-11-19-29-22-14-12-21(13-15-22)16-18-25(17-6-2,23(26)27)24(28)30-20(4)7-3/h6,12-15,20H,2,5,7-11,16-19H2,1,3-4H3,(H,26,27). The second kappa shape index (κ2) is 13.8. The number of benzene rings is 1. The highest BCUT2D eigenvalue weighted by atomic mass is 16.5. The summed E-state index contributed by atoms with van der Waals surface area (Å²) < 4.78 is 11.2. The van der Waals surface area contributed by atoms with Crippen LogP contribution >= 0.6 is 0 Å². The summed E-state index contributed by atoms with van der Waals surface area (Å²) in [5.74, 6) is -1.05. The topological polar surface area (TPSA) is 72.8 Å². The molecular formula is C25H38O5. The smallest absolute Gasteiger partial charge is 0.324 e. The lowest BCUT2D eigenvalue weighted by Crippen LogP contribution is -2.42. The molecule has 1 rings (SSSR count). The van der Waals surface area contributed by atoms with Crippen molar-refractivity contribution >= 4 is 11.9 Å². The van der Waals surface area contributed by atoms with Crippen molar-refractivity contribution in [1.82, 2.24) is 0 Å². The Morgan fingerprint density at radius 3 is 2.37 bits per heavy atom. The van der Waals surface area contributed by atoms with Gasteiger partial charge in [0, 0.05) is 0 Å². The third-order valence-corrected chi connectivity index (χ3v) is 5.46. The zero-order chi connectivity index (χ0) is 22.4. The molecule has 5 nitrogen and oxygen atoms in total. The second-order valence-electron chi connectivity index (χ2n) is 7.91. The van der Waals surface area contributed by atoms with E-state index in [4.69, 9.17) is 9.47 Å². The lowest BCUT2D eigenvalue weighted by molar-refractivity contribution is -0.172. The highest BCUT2D eigenvalue weighted by molar-refractivity contribution is 5.99. The molecule has 0 bridgehead atoms. The van der Waals surface area contributed by atoms with Crippen molar-refractivity contribution in [3.05, 3.63) is 42.5 Å². The van der Waals surface area contributed by atoms with Crippen molar-refractivity contribution in [2.75, 3.05) is 6.61 Å². The Morgan fingerprint density at radius 2 is 1.80 bits per heavy atom. The molecule has 0 saturated heterocycles. The van der Waals surface area contributed by atoms with Gasteiger partial charge in [-0.05, 0) is 56.7 Å². The van der Waals surface area contributed by atoms with Gasteiger partial charge in [0.2, 0.25) is 0 Å². The van der Waals surface area contributed by atoms with Gasteiger partial charge in [0.1, 0.15) is 5.75 Å². The molecule has 30 heavy (non-hydrogen) atoms. The molecule has 2 atom stereocenters. The first kappa shape index (κ1) is 25.7. The number of carbonyl (C=O) groups is 2. The van der Waals surface area contributed by atoms with Gasteiger partial charge in [-0.2, -0.15) is 0 Å². The van der Waals surface area contributed by atoms with E-state index in [0.29, 0.717) is 19.4 Å². The molecule has 0 aliphatic carbocycles. The molecule has 0 heterocycles. The summed E-state index contributed by atoms with van der Waals surface area (Å²) >= 11 is 0. The Balaban J connectivity index is 2.69. The molecule has 0 aliphatic rings. The average Bonchev–Trinajstić information content (AvgIpc) is 2.74. The number of allylic oxidation sites excluding steroid dienone is 1. The predicted molar refractivity (Wildman–Crippen MR) is 120 cm³/mol. The van der Waals surface area contributed by atoms with E-state index in [1.54, 1.807) is 6.92 Å². The molecule has 0 aliphatic heterocycles. The van der Waals surface area contributed by atoms with Crippen LogP contribution in [0.25, 0.3) is 0 Å². The Morgan fingerprint density at radius 1 is 1.13 bits per heavy atom. The average molecular weight is 419 g/mol. The number of aryl methyl sites for hydroxylation is 1. The summed E-state index contributed by atoms with van der Waals surface area (Å²) in [6, 6.07) is 7.64. The number of rotatable bonds is 16. The Kier molecular flexibility index (Phi) is 11.9. The summed E-state index contributed by atoms with van der Waals surface area (Å²) in [5, 5.41) is 9.84. The first-order valence-electron chi connectivity index (χ1n) is 11.2. The van der Waals surface area contributed by atoms with Crippen molar-refractivity contribution < 1.29 is 24.2 Å². The number of hydrogen-bond acceptors (Lipinski definition) is 4. The SMILES string of the molecule is C=CCC(CCc1ccc(OCCCCCCC)cc1)(C(=O)O)C(=O)OC(C)CC. The monoisotopic (exact) mass is 418 g/mol. The molecule has 0 fully saturated rings. The van der Waals surface area contributed by atoms with Crippen LogP contribution in [0.2, 0.25) is 0 Å². The maximum atomic E-state index is 12.7. The summed E-state index contributed by atoms with van der Waals surface area (Å²) in [6.45, 7) is 10.2. The number of esters is 1. The number of hydrogen-bond donors (Lipinski definition) is 1. The zero-order valence-corrected chi connectivity index (χ0v) is 18.8. The fraction of sp³-hybridized carbons (Fsp3) is 0.600. The van der Waals surface area contributed by atoms with Crippen LogP contribution in [-0.4, -0.2) is 29.8 Å². The molecule has 0 radical (unpaired) electrons. The Bertz CT molecular complexity index is 652. The molecule has 0 aromatic heterocycles. The van der Waals surface area contributed by atoms with Gasteiger partial charge in [0.15, 0.2) is 5.41 Å². The number of carboxylic acids is 1. The minimum absolute atomic E-state index is 0.0385. The normalized spacial score (nSPS) is 13.8. The van der Waals surface area contributed by atoms with Crippen LogP contribution in [0.4, 0.5) is 0 Å². The Hall–Kier alpha value is -2.30. The van der Waals surface area contributed by atoms with Crippen LogP contribution in [0.1, 0.15) is 77.7 Å². The van der Waals surface area contributed by atoms with E-state index in [2.05, 4.69) is 13.5 Å². The van der Waals surface area contributed by atoms with Gasteiger partial charge in [-0.25, -0.2) is 0 Å². The molecular weight excluding hydrogens is 380 g/mol. The number of carbonyl (C=O) groups excluding carboxylic acids is 1. The minimum atomic E-state index is -1.61. The van der Waals surface area contributed by atoms with Crippen molar-refractivity contribution in [3.63, 3.8) is 0 Å². The fourth-order valence-corrected chi connectivity index (χ4v) is 3.20. The first-order chi connectivity index (χ1) is 14.4. The fourth-order valence-electron chi connectivity index (χ4n) is 3.20. The van der Waals surface area contributed by atoms with Gasteiger partial charge in [-0.1, -0.05) is 57.7 Å². The quantitative estimate of drug-likeness (QED) is 0.155. The van der Waals surface area contributed by atoms with Crippen molar-refractivity contribution in [2.45, 2.75) is 84.7 Å². The van der Waals surface area contributed by atoms with Gasteiger partial charge in [-0.3, -0.25) is 9.59 Å². The van der Waals surface area contributed by atoms with Crippen molar-refractivity contribution in [1.29, 1.82) is 0 Å². The maximum absolute atomic E-state index is 12.7. The van der Waals surface area contributed by atoms with E-state index in [1.165, 1.54) is 31.8 Å². The summed E-state index contributed by atoms with van der Waals surface area (Å²) in [5.41, 5.74) is -0.657. The molecule has 0 amide bonds. The van der Waals surface area contributed by atoms with Crippen LogP contribution in [-0.2, 0) is 20.7 Å². The van der Waals surface area contributed by atoms with Crippen LogP contribution in [0, 0.1) is 5.41 Å². The summed E-state index contributed by atoms with van der Waals surface area (Å²) in [7, 11) is 0. The number of ether oxygens (including phenoxy) is 2. The molecule has 5 heteroatoms. The molecule has 1 aromatic carbocycles. The van der Waals surface area contributed by atoms with Crippen molar-refractivity contribution in [2.24, 2.45) is 5.41 Å². The van der Waals surface area contributed by atoms with Gasteiger partial charge in [-0.15, -0.1) is 6.58 Å². The third kappa shape index (κ3) is 8.21. The summed E-state index contributed by atoms with van der Waals surface area (Å²) in [4.78, 5) is 24.7. The Labute approximate surface area is 181 Å². The molecule has 168 valence electrons. The van der Waals surface area contributed by atoms with Gasteiger partial charge < -0.3 is 14.6 Å². The molecule has 0 spiro atoms. The molecule has 0 saturated carbocycles.